The standard InChI is InChI=1S/C11H13BrClNO4S2/c12-10-8(13)5-9(19-10)20(17,18)14-7-3-1-6(2-4-7)11(15)16/h5-7,14H,1-4H2,(H,15,16). The Labute approximate surface area is 134 Å². The largest absolute Gasteiger partial charge is 0.481 e. The van der Waals surface area contributed by atoms with E-state index in [1.807, 2.05) is 0 Å². The number of carbonyl (C=O) groups is 1. The highest BCUT2D eigenvalue weighted by Crippen LogP contribution is 2.35. The van der Waals surface area contributed by atoms with E-state index in [0.29, 0.717) is 34.5 Å². The lowest BCUT2D eigenvalue weighted by Crippen LogP contribution is -2.38. The summed E-state index contributed by atoms with van der Waals surface area (Å²) in [6, 6.07) is 1.19. The lowest BCUT2D eigenvalue weighted by molar-refractivity contribution is -0.142. The third-order valence-electron chi connectivity index (χ3n) is 3.29. The summed E-state index contributed by atoms with van der Waals surface area (Å²) in [5.74, 6) is -1.17. The first-order valence-corrected chi connectivity index (χ1v) is 9.46. The zero-order valence-corrected chi connectivity index (χ0v) is 14.3. The van der Waals surface area contributed by atoms with Gasteiger partial charge in [0.1, 0.15) is 4.21 Å². The van der Waals surface area contributed by atoms with Gasteiger partial charge in [0.15, 0.2) is 0 Å². The molecule has 0 aliphatic heterocycles. The minimum atomic E-state index is -3.59. The van der Waals surface area contributed by atoms with Gasteiger partial charge in [-0.2, -0.15) is 0 Å². The van der Waals surface area contributed by atoms with E-state index in [4.69, 9.17) is 16.7 Å². The normalized spacial score (nSPS) is 23.7. The molecule has 1 heterocycles. The molecule has 0 amide bonds. The molecule has 0 radical (unpaired) electrons. The van der Waals surface area contributed by atoms with E-state index in [2.05, 4.69) is 20.7 Å². The third-order valence-corrected chi connectivity index (χ3v) is 7.75. The van der Waals surface area contributed by atoms with Crippen LogP contribution in [0.3, 0.4) is 0 Å². The minimum absolute atomic E-state index is 0.162. The first-order chi connectivity index (χ1) is 9.29. The lowest BCUT2D eigenvalue weighted by atomic mass is 9.87. The zero-order valence-electron chi connectivity index (χ0n) is 10.3. The van der Waals surface area contributed by atoms with Crippen LogP contribution in [0, 0.1) is 5.92 Å². The van der Waals surface area contributed by atoms with Crippen molar-refractivity contribution >= 4 is 54.9 Å². The molecule has 112 valence electrons. The van der Waals surface area contributed by atoms with Crippen molar-refractivity contribution in [2.24, 2.45) is 5.92 Å². The second-order valence-electron chi connectivity index (χ2n) is 4.70. The number of sulfonamides is 1. The molecule has 1 aromatic heterocycles. The van der Waals surface area contributed by atoms with Gasteiger partial charge in [-0.25, -0.2) is 13.1 Å². The van der Waals surface area contributed by atoms with Crippen LogP contribution in [0.5, 0.6) is 0 Å². The van der Waals surface area contributed by atoms with Crippen LogP contribution in [0.2, 0.25) is 5.02 Å². The van der Waals surface area contributed by atoms with Gasteiger partial charge in [-0.1, -0.05) is 11.6 Å². The Bertz CT molecular complexity index is 588. The number of rotatable bonds is 4. The van der Waals surface area contributed by atoms with E-state index in [0.717, 1.165) is 11.3 Å². The van der Waals surface area contributed by atoms with Crippen LogP contribution in [-0.2, 0) is 14.8 Å². The maximum atomic E-state index is 12.2. The van der Waals surface area contributed by atoms with Gasteiger partial charge in [-0.05, 0) is 47.7 Å². The monoisotopic (exact) mass is 401 g/mol. The molecule has 2 rings (SSSR count). The molecular formula is C11H13BrClNO4S2. The first kappa shape index (κ1) is 16.2. The Morgan fingerprint density at radius 3 is 2.45 bits per heavy atom. The number of hydrogen-bond donors (Lipinski definition) is 2. The van der Waals surface area contributed by atoms with Gasteiger partial charge in [0.05, 0.1) is 14.7 Å². The minimum Gasteiger partial charge on any atom is -0.481 e. The van der Waals surface area contributed by atoms with E-state index in [1.165, 1.54) is 6.07 Å². The Morgan fingerprint density at radius 1 is 1.40 bits per heavy atom. The quantitative estimate of drug-likeness (QED) is 0.810. The summed E-state index contributed by atoms with van der Waals surface area (Å²) in [7, 11) is -3.59. The molecule has 0 atom stereocenters. The average Bonchev–Trinajstić information content (AvgIpc) is 2.71. The van der Waals surface area contributed by atoms with Gasteiger partial charge in [-0.15, -0.1) is 11.3 Å². The van der Waals surface area contributed by atoms with Gasteiger partial charge in [0, 0.05) is 6.04 Å². The fraction of sp³-hybridized carbons (Fsp3) is 0.545. The summed E-state index contributed by atoms with van der Waals surface area (Å²) < 4.78 is 27.7. The van der Waals surface area contributed by atoms with Gasteiger partial charge in [0.25, 0.3) is 0 Å². The first-order valence-electron chi connectivity index (χ1n) is 5.99. The van der Waals surface area contributed by atoms with Crippen LogP contribution in [0.4, 0.5) is 0 Å². The van der Waals surface area contributed by atoms with Crippen LogP contribution >= 0.6 is 38.9 Å². The number of carboxylic acids is 1. The maximum Gasteiger partial charge on any atom is 0.306 e. The van der Waals surface area contributed by atoms with Crippen molar-refractivity contribution in [3.8, 4) is 0 Å². The van der Waals surface area contributed by atoms with Gasteiger partial charge in [0.2, 0.25) is 10.0 Å². The number of aliphatic carboxylic acids is 1. The Balaban J connectivity index is 2.01. The zero-order chi connectivity index (χ0) is 14.9. The number of halogens is 2. The van der Waals surface area contributed by atoms with E-state index < -0.39 is 16.0 Å². The molecule has 1 fully saturated rings. The number of thiophene rings is 1. The summed E-state index contributed by atoms with van der Waals surface area (Å²) >= 11 is 10.1. The van der Waals surface area contributed by atoms with Crippen molar-refractivity contribution in [1.29, 1.82) is 0 Å². The molecule has 5 nitrogen and oxygen atoms in total. The molecule has 1 aromatic rings. The van der Waals surface area contributed by atoms with E-state index in [9.17, 15) is 13.2 Å². The predicted molar refractivity (Wildman–Crippen MR) is 80.7 cm³/mol. The topological polar surface area (TPSA) is 83.5 Å². The molecule has 2 N–H and O–H groups in total. The summed E-state index contributed by atoms with van der Waals surface area (Å²) in [4.78, 5) is 10.9. The summed E-state index contributed by atoms with van der Waals surface area (Å²) in [6.07, 6.45) is 2.07. The molecule has 9 heteroatoms. The molecule has 0 aromatic carbocycles. The van der Waals surface area contributed by atoms with Crippen molar-refractivity contribution in [3.05, 3.63) is 14.9 Å². The summed E-state index contributed by atoms with van der Waals surface area (Å²) in [5, 5.41) is 9.28. The van der Waals surface area contributed by atoms with Gasteiger partial charge < -0.3 is 5.11 Å². The molecule has 20 heavy (non-hydrogen) atoms. The Hall–Kier alpha value is -0.150. The third kappa shape index (κ3) is 3.73. The summed E-state index contributed by atoms with van der Waals surface area (Å²) in [6.45, 7) is 0. The number of carboxylic acid groups (broad SMARTS) is 1. The van der Waals surface area contributed by atoms with Crippen LogP contribution in [0.1, 0.15) is 25.7 Å². The van der Waals surface area contributed by atoms with E-state index >= 15 is 0 Å². The molecule has 1 saturated carbocycles. The molecule has 0 spiro atoms. The van der Waals surface area contributed by atoms with E-state index in [-0.39, 0.29) is 16.2 Å². The second kappa shape index (κ2) is 6.31. The van der Waals surface area contributed by atoms with Gasteiger partial charge >= 0.3 is 5.97 Å². The Morgan fingerprint density at radius 2 is 2.00 bits per heavy atom. The molecular weight excluding hydrogens is 390 g/mol. The molecule has 0 unspecified atom stereocenters. The van der Waals surface area contributed by atoms with Crippen LogP contribution in [0.25, 0.3) is 0 Å². The Kier molecular flexibility index (Phi) is 5.12. The highest BCUT2D eigenvalue weighted by Gasteiger charge is 2.29. The number of nitrogens with one attached hydrogen (secondary N) is 1. The summed E-state index contributed by atoms with van der Waals surface area (Å²) in [5.41, 5.74) is 0. The molecule has 1 aliphatic rings. The van der Waals surface area contributed by atoms with E-state index in [1.54, 1.807) is 0 Å². The van der Waals surface area contributed by atoms with Crippen LogP contribution in [0.15, 0.2) is 14.1 Å². The van der Waals surface area contributed by atoms with Crippen molar-refractivity contribution in [2.75, 3.05) is 0 Å². The lowest BCUT2D eigenvalue weighted by Gasteiger charge is -2.26. The van der Waals surface area contributed by atoms with Crippen molar-refractivity contribution < 1.29 is 18.3 Å². The van der Waals surface area contributed by atoms with Crippen LogP contribution in [-0.4, -0.2) is 25.5 Å². The predicted octanol–water partition coefficient (Wildman–Crippen LogP) is 3.09. The fourth-order valence-corrected chi connectivity index (χ4v) is 5.91. The van der Waals surface area contributed by atoms with Crippen LogP contribution < -0.4 is 4.72 Å². The molecule has 0 bridgehead atoms. The maximum absolute atomic E-state index is 12.2. The average molecular weight is 403 g/mol. The van der Waals surface area contributed by atoms with Crippen molar-refractivity contribution in [1.82, 2.24) is 4.72 Å². The highest BCUT2D eigenvalue weighted by atomic mass is 79.9. The SMILES string of the molecule is O=C(O)C1CCC(NS(=O)(=O)c2cc(Cl)c(Br)s2)CC1. The highest BCUT2D eigenvalue weighted by molar-refractivity contribution is 9.11. The molecule has 1 aliphatic carbocycles. The second-order valence-corrected chi connectivity index (χ2v) is 9.41. The van der Waals surface area contributed by atoms with Gasteiger partial charge in [-0.3, -0.25) is 4.79 Å². The smallest absolute Gasteiger partial charge is 0.306 e. The van der Waals surface area contributed by atoms with Crippen molar-refractivity contribution in [3.63, 3.8) is 0 Å². The molecule has 0 saturated heterocycles. The van der Waals surface area contributed by atoms with Crippen molar-refractivity contribution in [2.45, 2.75) is 35.9 Å². The number of hydrogen-bond acceptors (Lipinski definition) is 4. The fourth-order valence-electron chi connectivity index (χ4n) is 2.19.